The van der Waals surface area contributed by atoms with Gasteiger partial charge in [0.1, 0.15) is 36.3 Å². The molecule has 0 aromatic carbocycles. The third-order valence-electron chi connectivity index (χ3n) is 7.50. The fourth-order valence-corrected chi connectivity index (χ4v) is 4.50. The van der Waals surface area contributed by atoms with Gasteiger partial charge in [0.15, 0.2) is 5.96 Å². The molecule has 7 atom stereocenters. The lowest BCUT2D eigenvalue weighted by Crippen LogP contribution is -2.60. The molecule has 7 amide bonds. The molecule has 27 nitrogen and oxygen atoms in total. The highest BCUT2D eigenvalue weighted by Gasteiger charge is 2.34. The van der Waals surface area contributed by atoms with Crippen molar-refractivity contribution in [1.82, 2.24) is 37.2 Å². The Balaban J connectivity index is 5.97. The molecule has 0 bridgehead atoms. The molecule has 0 aliphatic heterocycles. The fraction of sp³-hybridized carbons (Fsp3) is 0.600. The van der Waals surface area contributed by atoms with Crippen molar-refractivity contribution in [2.24, 2.45) is 17.2 Å². The molecule has 19 N–H and O–H groups in total. The first-order valence-corrected chi connectivity index (χ1v) is 16.9. The third kappa shape index (κ3) is 21.1. The van der Waals surface area contributed by atoms with Crippen LogP contribution < -0.4 is 54.4 Å². The Kier molecular flexibility index (Phi) is 22.5. The summed E-state index contributed by atoms with van der Waals surface area (Å²) in [5.74, 6) is -15.0. The monoisotopic (exact) mass is 819 g/mol. The summed E-state index contributed by atoms with van der Waals surface area (Å²) in [5.41, 5.74) is 15.9. The Labute approximate surface area is 323 Å². The van der Waals surface area contributed by atoms with E-state index < -0.39 is 153 Å². The number of carbonyl (C=O) groups is 11. The van der Waals surface area contributed by atoms with Crippen molar-refractivity contribution in [3.8, 4) is 0 Å². The summed E-state index contributed by atoms with van der Waals surface area (Å²) in [7, 11) is 0. The maximum Gasteiger partial charge on any atom is 0.326 e. The summed E-state index contributed by atoms with van der Waals surface area (Å²) in [6.45, 7) is 0.370. The highest BCUT2D eigenvalue weighted by atomic mass is 16.4. The van der Waals surface area contributed by atoms with Gasteiger partial charge in [0.05, 0.1) is 25.5 Å². The van der Waals surface area contributed by atoms with Gasteiger partial charge >= 0.3 is 23.9 Å². The minimum Gasteiger partial charge on any atom is -0.481 e. The molecule has 0 rings (SSSR count). The van der Waals surface area contributed by atoms with Gasteiger partial charge < -0.3 is 80.0 Å². The Hall–Kier alpha value is -6.64. The van der Waals surface area contributed by atoms with Gasteiger partial charge in [-0.3, -0.25) is 53.4 Å². The SMILES string of the molecule is CC(NC(=O)C(CO)NC(=O)C(N)CCCNC(=N)N)C(=O)NC(CCC(=O)O)C(=O)NC(CC(=O)O)C(=O)NC(CCC(=O)O)C(=O)NC(CC(N)=O)C(=O)O. The Morgan fingerprint density at radius 2 is 1.00 bits per heavy atom. The molecule has 0 saturated heterocycles. The lowest BCUT2D eigenvalue weighted by atomic mass is 10.1. The molecule has 0 heterocycles. The molecule has 0 aliphatic rings. The van der Waals surface area contributed by atoms with Crippen LogP contribution in [0.1, 0.15) is 58.3 Å². The van der Waals surface area contributed by atoms with Crippen LogP contribution in [0.2, 0.25) is 0 Å². The first-order chi connectivity index (χ1) is 26.5. The van der Waals surface area contributed by atoms with E-state index in [2.05, 4.69) is 21.3 Å². The van der Waals surface area contributed by atoms with Crippen LogP contribution in [0.3, 0.4) is 0 Å². The van der Waals surface area contributed by atoms with Crippen LogP contribution in [-0.4, -0.2) is 152 Å². The Morgan fingerprint density at radius 1 is 0.561 bits per heavy atom. The summed E-state index contributed by atoms with van der Waals surface area (Å²) >= 11 is 0. The topological polar surface area (TPSA) is 475 Å². The second-order valence-corrected chi connectivity index (χ2v) is 12.3. The van der Waals surface area contributed by atoms with Crippen LogP contribution in [0.4, 0.5) is 0 Å². The van der Waals surface area contributed by atoms with Crippen molar-refractivity contribution >= 4 is 71.2 Å². The number of aliphatic hydroxyl groups is 1. The molecule has 0 aliphatic carbocycles. The molecule has 0 aromatic rings. The average molecular weight is 820 g/mol. The highest BCUT2D eigenvalue weighted by molar-refractivity contribution is 5.98. The lowest BCUT2D eigenvalue weighted by Gasteiger charge is -2.26. The quantitative estimate of drug-likeness (QED) is 0.0198. The number of primary amides is 1. The summed E-state index contributed by atoms with van der Waals surface area (Å²) in [6, 6.07) is -12.0. The first kappa shape index (κ1) is 50.4. The summed E-state index contributed by atoms with van der Waals surface area (Å²) in [6.07, 6.45) is -4.62. The van der Waals surface area contributed by atoms with Crippen molar-refractivity contribution in [2.75, 3.05) is 13.2 Å². The predicted molar refractivity (Wildman–Crippen MR) is 189 cm³/mol. The number of guanidine groups is 1. The smallest absolute Gasteiger partial charge is 0.326 e. The largest absolute Gasteiger partial charge is 0.481 e. The second-order valence-electron chi connectivity index (χ2n) is 12.3. The Bertz CT molecular complexity index is 1530. The number of nitrogens with one attached hydrogen (secondary N) is 8. The summed E-state index contributed by atoms with van der Waals surface area (Å²) in [5, 5.41) is 68.7. The predicted octanol–water partition coefficient (Wildman–Crippen LogP) is -7.34. The number of rotatable bonds is 28. The minimum atomic E-state index is -2.08. The number of carboxylic acid groups (broad SMARTS) is 4. The van der Waals surface area contributed by atoms with Gasteiger partial charge in [-0.25, -0.2) is 4.79 Å². The van der Waals surface area contributed by atoms with Crippen LogP contribution >= 0.6 is 0 Å². The van der Waals surface area contributed by atoms with E-state index in [1.54, 1.807) is 0 Å². The van der Waals surface area contributed by atoms with E-state index in [1.165, 1.54) is 0 Å². The van der Waals surface area contributed by atoms with E-state index in [9.17, 15) is 73.2 Å². The van der Waals surface area contributed by atoms with Gasteiger partial charge in [0, 0.05) is 19.4 Å². The molecule has 27 heteroatoms. The van der Waals surface area contributed by atoms with Gasteiger partial charge in [0.2, 0.25) is 41.4 Å². The van der Waals surface area contributed by atoms with Gasteiger partial charge in [-0.1, -0.05) is 0 Å². The maximum atomic E-state index is 13.3. The summed E-state index contributed by atoms with van der Waals surface area (Å²) < 4.78 is 0. The zero-order valence-electron chi connectivity index (χ0n) is 30.6. The third-order valence-corrected chi connectivity index (χ3v) is 7.50. The average Bonchev–Trinajstić information content (AvgIpc) is 3.10. The molecule has 0 spiro atoms. The molecule has 57 heavy (non-hydrogen) atoms. The van der Waals surface area contributed by atoms with Gasteiger partial charge in [-0.2, -0.15) is 0 Å². The number of carbonyl (C=O) groups excluding carboxylic acids is 7. The van der Waals surface area contributed by atoms with Crippen molar-refractivity contribution in [2.45, 2.75) is 101 Å². The molecule has 0 fully saturated rings. The van der Waals surface area contributed by atoms with Gasteiger partial charge in [0.25, 0.3) is 0 Å². The number of amides is 7. The van der Waals surface area contributed by atoms with E-state index in [0.717, 1.165) is 6.92 Å². The lowest BCUT2D eigenvalue weighted by molar-refractivity contribution is -0.144. The molecule has 0 radical (unpaired) electrons. The first-order valence-electron chi connectivity index (χ1n) is 16.9. The number of aliphatic hydroxyl groups excluding tert-OH is 1. The Morgan fingerprint density at radius 3 is 1.44 bits per heavy atom. The molecule has 320 valence electrons. The number of carboxylic acids is 4. The van der Waals surface area contributed by atoms with E-state index in [1.807, 2.05) is 16.0 Å². The molecule has 0 aromatic heterocycles. The molecule has 7 unspecified atom stereocenters. The zero-order chi connectivity index (χ0) is 44.0. The maximum absolute atomic E-state index is 13.3. The molecular formula is C30H49N11O16. The van der Waals surface area contributed by atoms with Crippen molar-refractivity contribution in [1.29, 1.82) is 5.41 Å². The number of aliphatic carboxylic acids is 4. The summed E-state index contributed by atoms with van der Waals surface area (Å²) in [4.78, 5) is 134. The van der Waals surface area contributed by atoms with Gasteiger partial charge in [-0.05, 0) is 32.6 Å². The van der Waals surface area contributed by atoms with E-state index in [0.29, 0.717) is 6.42 Å². The molecule has 0 saturated carbocycles. The van der Waals surface area contributed by atoms with Crippen molar-refractivity contribution in [3.63, 3.8) is 0 Å². The van der Waals surface area contributed by atoms with Crippen molar-refractivity contribution in [3.05, 3.63) is 0 Å². The van der Waals surface area contributed by atoms with Crippen LogP contribution in [0.15, 0.2) is 0 Å². The minimum absolute atomic E-state index is 0.0890. The standard InChI is InChI=1S/C30H49N11O16/c1-12(36-28(55)18(11-42)41-24(51)13(31)3-2-8-35-30(33)34)23(50)37-14(4-6-20(44)45)25(52)39-16(10-22(48)49)27(54)38-15(5-7-21(46)47)26(53)40-17(29(56)57)9-19(32)43/h12-18,42H,2-11,31H2,1H3,(H2,32,43)(H,36,55)(H,37,50)(H,38,54)(H,39,52)(H,40,53)(H,41,51)(H,44,45)(H,46,47)(H,48,49)(H,56,57)(H4,33,34,35). The van der Waals surface area contributed by atoms with Crippen LogP contribution in [0, 0.1) is 5.41 Å². The number of hydrogen-bond donors (Lipinski definition) is 16. The number of hydrogen-bond acceptors (Lipinski definition) is 14. The van der Waals surface area contributed by atoms with Crippen LogP contribution in [0.5, 0.6) is 0 Å². The van der Waals surface area contributed by atoms with Gasteiger partial charge in [-0.15, -0.1) is 0 Å². The second kappa shape index (κ2) is 25.4. The van der Waals surface area contributed by atoms with Crippen LogP contribution in [-0.2, 0) is 52.7 Å². The van der Waals surface area contributed by atoms with E-state index in [-0.39, 0.29) is 18.9 Å². The van der Waals surface area contributed by atoms with E-state index >= 15 is 0 Å². The highest BCUT2D eigenvalue weighted by Crippen LogP contribution is 2.06. The number of nitrogens with two attached hydrogens (primary N) is 3. The van der Waals surface area contributed by atoms with Crippen molar-refractivity contribution < 1.29 is 78.3 Å². The van der Waals surface area contributed by atoms with Crippen LogP contribution in [0.25, 0.3) is 0 Å². The zero-order valence-corrected chi connectivity index (χ0v) is 30.6. The van der Waals surface area contributed by atoms with E-state index in [4.69, 9.17) is 27.7 Å². The fourth-order valence-electron chi connectivity index (χ4n) is 4.50. The molecular weight excluding hydrogens is 770 g/mol. The normalized spacial score (nSPS) is 14.3.